The van der Waals surface area contributed by atoms with Crippen LogP contribution in [0.5, 0.6) is 0 Å². The summed E-state index contributed by atoms with van der Waals surface area (Å²) < 4.78 is 0. The normalized spacial score (nSPS) is 12.6. The number of alkyl halides is 1. The Morgan fingerprint density at radius 2 is 2.44 bits per heavy atom. The molecule has 0 fully saturated rings. The Morgan fingerprint density at radius 1 is 1.78 bits per heavy atom. The molecule has 0 aromatic rings. The van der Waals surface area contributed by atoms with Crippen LogP contribution in [0.25, 0.3) is 0 Å². The largest absolute Gasteiger partial charge is 0.144 e. The second kappa shape index (κ2) is 6.32. The highest BCUT2D eigenvalue weighted by Gasteiger charge is 2.00. The molecule has 9 heavy (non-hydrogen) atoms. The highest BCUT2D eigenvalue weighted by molar-refractivity contribution is 8.00. The molecule has 0 aliphatic heterocycles. The fraction of sp³-hybridized carbons (Fsp3) is 0.714. The third kappa shape index (κ3) is 4.69. The maximum Gasteiger partial charge on any atom is 0.0789 e. The predicted molar refractivity (Wildman–Crippen MR) is 46.1 cm³/mol. The SMILES string of the molecule is C#CC(CCl)SCCC. The first-order valence-electron chi connectivity index (χ1n) is 2.98. The van der Waals surface area contributed by atoms with Crippen LogP contribution in [0.4, 0.5) is 0 Å². The van der Waals surface area contributed by atoms with E-state index in [-0.39, 0.29) is 5.25 Å². The van der Waals surface area contributed by atoms with Crippen LogP contribution in [0.2, 0.25) is 0 Å². The summed E-state index contributed by atoms with van der Waals surface area (Å²) in [7, 11) is 0. The third-order valence-corrected chi connectivity index (χ3v) is 2.69. The molecule has 52 valence electrons. The maximum atomic E-state index is 5.54. The molecule has 0 nitrogen and oxygen atoms in total. The molecule has 1 atom stereocenters. The van der Waals surface area contributed by atoms with Gasteiger partial charge in [0.1, 0.15) is 0 Å². The molecule has 0 aliphatic carbocycles. The zero-order valence-electron chi connectivity index (χ0n) is 5.56. The number of terminal acetylenes is 1. The average molecular weight is 163 g/mol. The van der Waals surface area contributed by atoms with Crippen molar-refractivity contribution in [3.63, 3.8) is 0 Å². The molecule has 0 radical (unpaired) electrons. The van der Waals surface area contributed by atoms with Gasteiger partial charge in [-0.15, -0.1) is 29.8 Å². The van der Waals surface area contributed by atoms with E-state index in [1.54, 1.807) is 11.8 Å². The number of rotatable bonds is 4. The highest BCUT2D eigenvalue weighted by Crippen LogP contribution is 2.11. The second-order valence-corrected chi connectivity index (χ2v) is 3.30. The molecule has 0 saturated carbocycles. The van der Waals surface area contributed by atoms with Crippen LogP contribution < -0.4 is 0 Å². The van der Waals surface area contributed by atoms with Gasteiger partial charge in [-0.2, -0.15) is 0 Å². The molecule has 0 amide bonds. The first-order chi connectivity index (χ1) is 4.35. The quantitative estimate of drug-likeness (QED) is 0.452. The molecule has 0 aromatic carbocycles. The maximum absolute atomic E-state index is 5.54. The van der Waals surface area contributed by atoms with E-state index in [1.165, 1.54) is 6.42 Å². The van der Waals surface area contributed by atoms with Crippen LogP contribution in [-0.2, 0) is 0 Å². The Hall–Kier alpha value is 0.200. The summed E-state index contributed by atoms with van der Waals surface area (Å²) in [5.41, 5.74) is 0. The van der Waals surface area contributed by atoms with Gasteiger partial charge < -0.3 is 0 Å². The summed E-state index contributed by atoms with van der Waals surface area (Å²) in [6.45, 7) is 2.13. The summed E-state index contributed by atoms with van der Waals surface area (Å²) in [4.78, 5) is 0. The number of hydrogen-bond donors (Lipinski definition) is 0. The van der Waals surface area contributed by atoms with Crippen molar-refractivity contribution in [1.82, 2.24) is 0 Å². The van der Waals surface area contributed by atoms with E-state index in [2.05, 4.69) is 12.8 Å². The number of halogens is 1. The van der Waals surface area contributed by atoms with Gasteiger partial charge >= 0.3 is 0 Å². The zero-order valence-corrected chi connectivity index (χ0v) is 7.13. The highest BCUT2D eigenvalue weighted by atomic mass is 35.5. The van der Waals surface area contributed by atoms with E-state index in [1.807, 2.05) is 0 Å². The second-order valence-electron chi connectivity index (χ2n) is 1.68. The van der Waals surface area contributed by atoms with Crippen LogP contribution >= 0.6 is 23.4 Å². The Balaban J connectivity index is 3.23. The standard InChI is InChI=1S/C7H11ClS/c1-3-5-9-7(4-2)6-8/h2,7H,3,5-6H2,1H3. The Morgan fingerprint density at radius 3 is 2.78 bits per heavy atom. The minimum absolute atomic E-state index is 0.214. The molecule has 0 bridgehead atoms. The predicted octanol–water partition coefficient (Wildman–Crippen LogP) is 2.37. The van der Waals surface area contributed by atoms with Crippen LogP contribution in [0.15, 0.2) is 0 Å². The fourth-order valence-corrected chi connectivity index (χ4v) is 1.46. The van der Waals surface area contributed by atoms with Gasteiger partial charge in [0.25, 0.3) is 0 Å². The van der Waals surface area contributed by atoms with Gasteiger partial charge in [0, 0.05) is 5.88 Å². The van der Waals surface area contributed by atoms with Crippen molar-refractivity contribution in [2.24, 2.45) is 0 Å². The molecule has 0 saturated heterocycles. The molecule has 2 heteroatoms. The van der Waals surface area contributed by atoms with Crippen molar-refractivity contribution in [3.05, 3.63) is 0 Å². The molecule has 0 rings (SSSR count). The number of hydrogen-bond acceptors (Lipinski definition) is 1. The Labute approximate surface area is 66.4 Å². The lowest BCUT2D eigenvalue weighted by molar-refractivity contribution is 1.10. The number of thioether (sulfide) groups is 1. The monoisotopic (exact) mass is 162 g/mol. The molecule has 0 spiro atoms. The van der Waals surface area contributed by atoms with Gasteiger partial charge in [0.2, 0.25) is 0 Å². The summed E-state index contributed by atoms with van der Waals surface area (Å²) in [5, 5.41) is 0.214. The van der Waals surface area contributed by atoms with Crippen molar-refractivity contribution in [2.45, 2.75) is 18.6 Å². The van der Waals surface area contributed by atoms with Crippen molar-refractivity contribution in [3.8, 4) is 12.3 Å². The van der Waals surface area contributed by atoms with Gasteiger partial charge in [-0.25, -0.2) is 0 Å². The van der Waals surface area contributed by atoms with Crippen molar-refractivity contribution < 1.29 is 0 Å². The van der Waals surface area contributed by atoms with Gasteiger partial charge in [-0.1, -0.05) is 12.8 Å². The Bertz CT molecular complexity index is 95.6. The molecule has 0 heterocycles. The van der Waals surface area contributed by atoms with E-state index in [4.69, 9.17) is 18.0 Å². The third-order valence-electron chi connectivity index (χ3n) is 0.849. The first-order valence-corrected chi connectivity index (χ1v) is 4.57. The van der Waals surface area contributed by atoms with Gasteiger partial charge in [-0.3, -0.25) is 0 Å². The van der Waals surface area contributed by atoms with E-state index in [9.17, 15) is 0 Å². The van der Waals surface area contributed by atoms with Gasteiger partial charge in [0.05, 0.1) is 5.25 Å². The summed E-state index contributed by atoms with van der Waals surface area (Å²) in [6, 6.07) is 0. The van der Waals surface area contributed by atoms with E-state index >= 15 is 0 Å². The molecule has 0 N–H and O–H groups in total. The van der Waals surface area contributed by atoms with E-state index in [0.29, 0.717) is 5.88 Å². The van der Waals surface area contributed by atoms with Gasteiger partial charge in [0.15, 0.2) is 0 Å². The zero-order chi connectivity index (χ0) is 7.11. The summed E-state index contributed by atoms with van der Waals surface area (Å²) in [5.74, 6) is 4.30. The molecular weight excluding hydrogens is 152 g/mol. The summed E-state index contributed by atoms with van der Waals surface area (Å²) >= 11 is 7.29. The Kier molecular flexibility index (Phi) is 6.46. The minimum Gasteiger partial charge on any atom is -0.144 e. The van der Waals surface area contributed by atoms with E-state index < -0.39 is 0 Å². The lowest BCUT2D eigenvalue weighted by atomic mass is 10.5. The minimum atomic E-state index is 0.214. The topological polar surface area (TPSA) is 0 Å². The first kappa shape index (κ1) is 9.20. The fourth-order valence-electron chi connectivity index (χ4n) is 0.397. The lowest BCUT2D eigenvalue weighted by Crippen LogP contribution is -2.00. The lowest BCUT2D eigenvalue weighted by Gasteiger charge is -2.02. The average Bonchev–Trinajstić information content (AvgIpc) is 1.91. The van der Waals surface area contributed by atoms with Crippen LogP contribution in [0.1, 0.15) is 13.3 Å². The van der Waals surface area contributed by atoms with Crippen molar-refractivity contribution >= 4 is 23.4 Å². The summed E-state index contributed by atoms with van der Waals surface area (Å²) in [6.07, 6.45) is 6.34. The molecule has 1 unspecified atom stereocenters. The van der Waals surface area contributed by atoms with Crippen LogP contribution in [0, 0.1) is 12.3 Å². The molecule has 0 aromatic heterocycles. The van der Waals surface area contributed by atoms with Crippen LogP contribution in [0.3, 0.4) is 0 Å². The smallest absolute Gasteiger partial charge is 0.0789 e. The van der Waals surface area contributed by atoms with Crippen molar-refractivity contribution in [2.75, 3.05) is 11.6 Å². The van der Waals surface area contributed by atoms with Crippen LogP contribution in [-0.4, -0.2) is 16.9 Å². The van der Waals surface area contributed by atoms with Gasteiger partial charge in [-0.05, 0) is 12.2 Å². The molecular formula is C7H11ClS. The van der Waals surface area contributed by atoms with Crippen molar-refractivity contribution in [1.29, 1.82) is 0 Å². The van der Waals surface area contributed by atoms with E-state index in [0.717, 1.165) is 5.75 Å². The molecule has 0 aliphatic rings.